The van der Waals surface area contributed by atoms with Crippen LogP contribution in [0.4, 0.5) is 11.4 Å². The van der Waals surface area contributed by atoms with E-state index in [1.165, 1.54) is 6.33 Å². The highest BCUT2D eigenvalue weighted by Crippen LogP contribution is 2.35. The summed E-state index contributed by atoms with van der Waals surface area (Å²) in [7, 11) is 1.66. The van der Waals surface area contributed by atoms with Crippen LogP contribution < -0.4 is 10.1 Å². The minimum absolute atomic E-state index is 0.595. The first kappa shape index (κ1) is 13.7. The van der Waals surface area contributed by atoms with Crippen LogP contribution in [0.5, 0.6) is 5.75 Å². The van der Waals surface area contributed by atoms with Crippen LogP contribution in [-0.2, 0) is 0 Å². The summed E-state index contributed by atoms with van der Waals surface area (Å²) in [6, 6.07) is 5.75. The van der Waals surface area contributed by atoms with Crippen LogP contribution in [0.25, 0.3) is 5.65 Å². The van der Waals surface area contributed by atoms with Gasteiger partial charge in [0, 0.05) is 17.4 Å². The zero-order chi connectivity index (χ0) is 15.0. The van der Waals surface area contributed by atoms with E-state index in [0.29, 0.717) is 10.7 Å². The Kier molecular flexibility index (Phi) is 3.43. The fourth-order valence-corrected chi connectivity index (χ4v) is 2.53. The number of aromatic nitrogens is 3. The molecule has 1 N–H and O–H groups in total. The molecule has 0 saturated heterocycles. The SMILES string of the molecule is COc1ccc(C)c(Nc2c(Cl)ccn3ncnc23)c1C. The summed E-state index contributed by atoms with van der Waals surface area (Å²) in [6.07, 6.45) is 3.28. The van der Waals surface area contributed by atoms with Crippen molar-refractivity contribution >= 4 is 28.6 Å². The number of pyridine rings is 1. The van der Waals surface area contributed by atoms with Gasteiger partial charge in [0.05, 0.1) is 12.1 Å². The Morgan fingerprint density at radius 1 is 1.19 bits per heavy atom. The minimum atomic E-state index is 0.595. The number of anilines is 2. The molecular weight excluding hydrogens is 288 g/mol. The zero-order valence-electron chi connectivity index (χ0n) is 12.0. The topological polar surface area (TPSA) is 51.5 Å². The van der Waals surface area contributed by atoms with E-state index in [-0.39, 0.29) is 0 Å². The van der Waals surface area contributed by atoms with Gasteiger partial charge in [-0.3, -0.25) is 0 Å². The molecule has 108 valence electrons. The number of rotatable bonds is 3. The standard InChI is InChI=1S/C15H15ClN4O/c1-9-4-5-12(21-3)10(2)13(9)19-14-11(16)6-7-20-15(14)17-8-18-20/h4-8,19H,1-3H3. The smallest absolute Gasteiger partial charge is 0.180 e. The van der Waals surface area contributed by atoms with E-state index < -0.39 is 0 Å². The summed E-state index contributed by atoms with van der Waals surface area (Å²) >= 11 is 6.31. The normalized spacial score (nSPS) is 10.9. The highest BCUT2D eigenvalue weighted by Gasteiger charge is 2.13. The molecule has 3 aromatic rings. The van der Waals surface area contributed by atoms with Gasteiger partial charge >= 0.3 is 0 Å². The van der Waals surface area contributed by atoms with Crippen molar-refractivity contribution in [1.29, 1.82) is 0 Å². The maximum Gasteiger partial charge on any atom is 0.180 e. The zero-order valence-corrected chi connectivity index (χ0v) is 12.8. The van der Waals surface area contributed by atoms with Crippen molar-refractivity contribution in [1.82, 2.24) is 14.6 Å². The quantitative estimate of drug-likeness (QED) is 0.800. The third kappa shape index (κ3) is 2.29. The van der Waals surface area contributed by atoms with Gasteiger partial charge < -0.3 is 10.1 Å². The third-order valence-electron chi connectivity index (χ3n) is 3.49. The van der Waals surface area contributed by atoms with E-state index in [1.54, 1.807) is 23.9 Å². The number of hydrogen-bond donors (Lipinski definition) is 1. The van der Waals surface area contributed by atoms with Crippen molar-refractivity contribution in [2.75, 3.05) is 12.4 Å². The Labute approximate surface area is 127 Å². The van der Waals surface area contributed by atoms with Crippen molar-refractivity contribution < 1.29 is 4.74 Å². The van der Waals surface area contributed by atoms with Gasteiger partial charge in [0.2, 0.25) is 0 Å². The fraction of sp³-hybridized carbons (Fsp3) is 0.200. The summed E-state index contributed by atoms with van der Waals surface area (Å²) in [6.45, 7) is 4.04. The molecule has 0 fully saturated rings. The molecular formula is C15H15ClN4O. The van der Waals surface area contributed by atoms with Crippen LogP contribution in [0.3, 0.4) is 0 Å². The van der Waals surface area contributed by atoms with E-state index >= 15 is 0 Å². The number of hydrogen-bond acceptors (Lipinski definition) is 4. The number of halogens is 1. The molecule has 5 nitrogen and oxygen atoms in total. The summed E-state index contributed by atoms with van der Waals surface area (Å²) in [5.74, 6) is 0.827. The molecule has 0 bridgehead atoms. The summed E-state index contributed by atoms with van der Waals surface area (Å²) in [5, 5.41) is 8.09. The number of nitrogens with one attached hydrogen (secondary N) is 1. The Hall–Kier alpha value is -2.27. The van der Waals surface area contributed by atoms with E-state index in [2.05, 4.69) is 15.4 Å². The monoisotopic (exact) mass is 302 g/mol. The number of fused-ring (bicyclic) bond motifs is 1. The van der Waals surface area contributed by atoms with Crippen molar-refractivity contribution in [3.8, 4) is 5.75 Å². The molecule has 3 rings (SSSR count). The van der Waals surface area contributed by atoms with Gasteiger partial charge in [-0.2, -0.15) is 5.10 Å². The Morgan fingerprint density at radius 3 is 2.76 bits per heavy atom. The molecule has 0 amide bonds. The second-order valence-electron chi connectivity index (χ2n) is 4.78. The molecule has 0 spiro atoms. The lowest BCUT2D eigenvalue weighted by atomic mass is 10.1. The highest BCUT2D eigenvalue weighted by molar-refractivity contribution is 6.34. The Morgan fingerprint density at radius 2 is 2.00 bits per heavy atom. The molecule has 0 aliphatic heterocycles. The van der Waals surface area contributed by atoms with Gasteiger partial charge in [-0.1, -0.05) is 17.7 Å². The van der Waals surface area contributed by atoms with Crippen molar-refractivity contribution in [3.05, 3.63) is 46.9 Å². The Balaban J connectivity index is 2.15. The first-order valence-corrected chi connectivity index (χ1v) is 6.88. The molecule has 0 unspecified atom stereocenters. The van der Waals surface area contributed by atoms with Crippen molar-refractivity contribution in [3.63, 3.8) is 0 Å². The molecule has 0 atom stereocenters. The van der Waals surface area contributed by atoms with Crippen molar-refractivity contribution in [2.24, 2.45) is 0 Å². The second kappa shape index (κ2) is 5.26. The van der Waals surface area contributed by atoms with Gasteiger partial charge in [-0.15, -0.1) is 0 Å². The number of aryl methyl sites for hydroxylation is 1. The summed E-state index contributed by atoms with van der Waals surface area (Å²) < 4.78 is 7.05. The van der Waals surface area contributed by atoms with Gasteiger partial charge in [0.15, 0.2) is 5.65 Å². The fourth-order valence-electron chi connectivity index (χ4n) is 2.35. The largest absolute Gasteiger partial charge is 0.496 e. The van der Waals surface area contributed by atoms with Gasteiger partial charge in [-0.05, 0) is 31.5 Å². The van der Waals surface area contributed by atoms with Gasteiger partial charge in [-0.25, -0.2) is 9.50 Å². The predicted octanol–water partition coefficient (Wildman–Crippen LogP) is 3.75. The molecule has 21 heavy (non-hydrogen) atoms. The average Bonchev–Trinajstić information content (AvgIpc) is 2.94. The first-order chi connectivity index (χ1) is 10.1. The van der Waals surface area contributed by atoms with Crippen LogP contribution in [0, 0.1) is 13.8 Å². The average molecular weight is 303 g/mol. The maximum atomic E-state index is 6.31. The van der Waals surface area contributed by atoms with Crippen LogP contribution in [0.1, 0.15) is 11.1 Å². The van der Waals surface area contributed by atoms with E-state index in [0.717, 1.165) is 28.3 Å². The van der Waals surface area contributed by atoms with Crippen LogP contribution in [-0.4, -0.2) is 21.7 Å². The molecule has 6 heteroatoms. The molecule has 2 aromatic heterocycles. The molecule has 0 aliphatic rings. The van der Waals surface area contributed by atoms with E-state index in [9.17, 15) is 0 Å². The highest BCUT2D eigenvalue weighted by atomic mass is 35.5. The van der Waals surface area contributed by atoms with Crippen LogP contribution >= 0.6 is 11.6 Å². The van der Waals surface area contributed by atoms with Crippen LogP contribution in [0.2, 0.25) is 5.02 Å². The summed E-state index contributed by atoms with van der Waals surface area (Å²) in [5.41, 5.74) is 4.51. The molecule has 0 saturated carbocycles. The lowest BCUT2D eigenvalue weighted by molar-refractivity contribution is 0.412. The van der Waals surface area contributed by atoms with E-state index in [4.69, 9.17) is 16.3 Å². The van der Waals surface area contributed by atoms with Crippen LogP contribution in [0.15, 0.2) is 30.7 Å². The van der Waals surface area contributed by atoms with E-state index in [1.807, 2.05) is 26.0 Å². The Bertz CT molecular complexity index is 813. The third-order valence-corrected chi connectivity index (χ3v) is 3.81. The van der Waals surface area contributed by atoms with Gasteiger partial charge in [0.1, 0.15) is 17.8 Å². The maximum absolute atomic E-state index is 6.31. The molecule has 0 aliphatic carbocycles. The number of nitrogens with zero attached hydrogens (tertiary/aromatic N) is 3. The lowest BCUT2D eigenvalue weighted by Gasteiger charge is -2.16. The number of benzene rings is 1. The second-order valence-corrected chi connectivity index (χ2v) is 5.18. The number of methoxy groups -OCH3 is 1. The lowest BCUT2D eigenvalue weighted by Crippen LogP contribution is -2.01. The van der Waals surface area contributed by atoms with Crippen molar-refractivity contribution in [2.45, 2.75) is 13.8 Å². The van der Waals surface area contributed by atoms with Gasteiger partial charge in [0.25, 0.3) is 0 Å². The minimum Gasteiger partial charge on any atom is -0.496 e. The first-order valence-electron chi connectivity index (χ1n) is 6.51. The molecule has 0 radical (unpaired) electrons. The number of ether oxygens (including phenoxy) is 1. The molecule has 2 heterocycles. The molecule has 1 aromatic carbocycles. The predicted molar refractivity (Wildman–Crippen MR) is 83.7 cm³/mol. The summed E-state index contributed by atoms with van der Waals surface area (Å²) in [4.78, 5) is 4.25.